The number of amides is 3. The Balaban J connectivity index is 0.000000138. The summed E-state index contributed by atoms with van der Waals surface area (Å²) in [4.78, 5) is 99.7. The Hall–Kier alpha value is -9.86. The quantitative estimate of drug-likeness (QED) is 0.0366. The van der Waals surface area contributed by atoms with Crippen molar-refractivity contribution >= 4 is 176 Å². The highest BCUT2D eigenvalue weighted by molar-refractivity contribution is 9.11. The fourth-order valence-electron chi connectivity index (χ4n) is 19.2. The maximum absolute atomic E-state index is 13.6. The summed E-state index contributed by atoms with van der Waals surface area (Å²) in [6, 6.07) is 41.8. The van der Waals surface area contributed by atoms with E-state index in [9.17, 15) is 47.9 Å². The van der Waals surface area contributed by atoms with E-state index in [0.29, 0.717) is 135 Å². The Kier molecular flexibility index (Phi) is 34.6. The predicted molar refractivity (Wildman–Crippen MR) is 554 cm³/mol. The van der Waals surface area contributed by atoms with E-state index in [4.69, 9.17) is 117 Å². The molecule has 0 radical (unpaired) electrons. The number of carboxylic acids is 3. The van der Waals surface area contributed by atoms with Crippen molar-refractivity contribution in [2.24, 2.45) is 17.8 Å². The Bertz CT molecular complexity index is 6610. The summed E-state index contributed by atoms with van der Waals surface area (Å²) in [5.74, 6) is -1.21. The van der Waals surface area contributed by atoms with E-state index in [0.717, 1.165) is 160 Å². The average Bonchev–Trinajstić information content (AvgIpc) is 1.63. The number of hydrogen-bond donors (Lipinski definition) is 4. The summed E-state index contributed by atoms with van der Waals surface area (Å²) in [5.41, 5.74) is 12.0. The van der Waals surface area contributed by atoms with Gasteiger partial charge in [-0.3, -0.25) is 14.4 Å². The number of nitrogens with zero attached hydrogens (tertiary/aromatic N) is 5. The van der Waals surface area contributed by atoms with Crippen LogP contribution in [0.15, 0.2) is 173 Å². The van der Waals surface area contributed by atoms with Crippen molar-refractivity contribution in [3.63, 3.8) is 0 Å². The molecule has 25 nitrogen and oxygen atoms in total. The molecule has 3 saturated heterocycles. The molecular formula is C108H108Br3Cl6FN6O19. The molecule has 35 heteroatoms. The van der Waals surface area contributed by atoms with Gasteiger partial charge in [0.2, 0.25) is 17.7 Å². The smallest absolute Gasteiger partial charge is 0.338 e. The Morgan fingerprint density at radius 2 is 0.720 bits per heavy atom. The summed E-state index contributed by atoms with van der Waals surface area (Å²) >= 11 is 48.4. The van der Waals surface area contributed by atoms with E-state index in [1.165, 1.54) is 12.1 Å². The number of rotatable bonds is 26. The fraction of sp³-hybridized carbons (Fsp3) is 0.398. The molecule has 6 heterocycles. The van der Waals surface area contributed by atoms with Crippen LogP contribution in [0.2, 0.25) is 30.1 Å². The van der Waals surface area contributed by atoms with Gasteiger partial charge in [-0.15, -0.1) is 0 Å². The van der Waals surface area contributed by atoms with Gasteiger partial charge in [0, 0.05) is 94.1 Å². The Morgan fingerprint density at radius 1 is 0.413 bits per heavy atom. The molecule has 6 aliphatic carbocycles. The number of aromatic carboxylic acids is 3. The minimum absolute atomic E-state index is 0.0192. The second-order valence-corrected chi connectivity index (χ2v) is 43.9. The summed E-state index contributed by atoms with van der Waals surface area (Å²) < 4.78 is 62.2. The molecule has 3 aromatic heterocycles. The highest BCUT2D eigenvalue weighted by atomic mass is 79.9. The number of aromatic nitrogens is 3. The first-order valence-electron chi connectivity index (χ1n) is 47.7. The maximum Gasteiger partial charge on any atom is 0.338 e. The number of aryl methyl sites for hydroxylation is 4. The minimum Gasteiger partial charge on any atom is -0.478 e. The molecule has 9 atom stereocenters. The van der Waals surface area contributed by atoms with E-state index in [-0.39, 0.29) is 108 Å². The molecule has 9 aliphatic rings. The largest absolute Gasteiger partial charge is 0.478 e. The van der Waals surface area contributed by atoms with E-state index in [1.54, 1.807) is 91.0 Å². The van der Waals surface area contributed by atoms with Gasteiger partial charge in [0.1, 0.15) is 51.4 Å². The van der Waals surface area contributed by atoms with Crippen LogP contribution in [-0.4, -0.2) is 126 Å². The molecule has 0 spiro atoms. The van der Waals surface area contributed by atoms with Crippen molar-refractivity contribution in [1.29, 1.82) is 0 Å². The van der Waals surface area contributed by atoms with Crippen LogP contribution in [0.1, 0.15) is 272 Å². The second kappa shape index (κ2) is 46.1. The summed E-state index contributed by atoms with van der Waals surface area (Å²) in [6.07, 6.45) is 13.3. The van der Waals surface area contributed by atoms with Crippen LogP contribution in [0.5, 0.6) is 0 Å². The standard InChI is InChI=1S/C32H34Cl2N2O5.C28H26Cl2N2O5.C19H18Cl2N2O3.C13H17BrO2.C9H9BrO2.C7H4BrFO2/c1-5-17-13-19(11-12-21(17)31(38)40-32(2,3)4)36-20-14-22(30(36)37)26(15-20)39-16-23-28(35-41-29(23)18-9-10-18)27-24(33)7-6-8-25(27)34;1-2-14-10-16(8-9-18(14)28(34)35)32-17-11-19(27(32)33)23(12-17)36-13-20-25(31-37-26(20)15-6-7-15)24-21(29)4-3-5-22(24)30;20-13-2-1-3-14(21)16(13)17-12(18(26-23-17)9-4-5-9)8-25-15-7-10-6-11(15)19(24)22-10;1-5-9-8-10(14)6-7-11(9)12(15)16-13(2,3)4;1-2-6-5-7(10)3-4-8(6)9(11)12;8-4-1-2-5(7(10)11)6(9)3-4/h6-8,11-13,18,20,22,26H,5,9-10,14-16H2,1-4H3;3-5,8-10,15,17,19,23H,2,6-7,11-13H2,1H3,(H,34,35);1-3,9-11,15H,4-8H2,(H,22,24);6-8H,5H2,1-4H3;3-5H,2H2,1H3,(H,11,12);1-3H,(H,10,11)/t20-,22+,26+;17-,19+,23+;10-,11+,15+;;;/m000.../s1. The van der Waals surface area contributed by atoms with Crippen LogP contribution >= 0.6 is 117 Å². The zero-order valence-corrected chi connectivity index (χ0v) is 89.4. The molecule has 8 aromatic carbocycles. The zero-order chi connectivity index (χ0) is 103. The topological polar surface area (TPSA) is 340 Å². The molecule has 754 valence electrons. The van der Waals surface area contributed by atoms with Crippen molar-refractivity contribution < 1.29 is 95.3 Å². The van der Waals surface area contributed by atoms with Crippen molar-refractivity contribution in [2.45, 2.75) is 257 Å². The molecule has 143 heavy (non-hydrogen) atoms. The number of piperidine rings is 3. The van der Waals surface area contributed by atoms with Crippen LogP contribution in [0, 0.1) is 23.6 Å². The lowest BCUT2D eigenvalue weighted by Crippen LogP contribution is -2.43. The number of hydrogen-bond acceptors (Lipinski definition) is 19. The normalized spacial score (nSPS) is 20.0. The molecular weight excluding hydrogens is 2160 g/mol. The molecule has 6 saturated carbocycles. The van der Waals surface area contributed by atoms with Crippen LogP contribution in [0.25, 0.3) is 33.8 Å². The molecule has 9 fully saturated rings. The summed E-state index contributed by atoms with van der Waals surface area (Å²) in [7, 11) is 0. The predicted octanol–water partition coefficient (Wildman–Crippen LogP) is 27.5. The lowest BCUT2D eigenvalue weighted by molar-refractivity contribution is -0.129. The van der Waals surface area contributed by atoms with Crippen LogP contribution < -0.4 is 15.1 Å². The number of carboxylic acid groups (broad SMARTS) is 3. The van der Waals surface area contributed by atoms with Crippen molar-refractivity contribution in [3.8, 4) is 33.8 Å². The molecule has 3 aliphatic heterocycles. The van der Waals surface area contributed by atoms with E-state index in [2.05, 4.69) is 68.6 Å². The summed E-state index contributed by atoms with van der Waals surface area (Å²) in [6.45, 7) is 19.9. The molecule has 3 amide bonds. The van der Waals surface area contributed by atoms with Gasteiger partial charge in [0.25, 0.3) is 0 Å². The highest BCUT2D eigenvalue weighted by Gasteiger charge is 2.55. The maximum atomic E-state index is 13.6. The zero-order valence-electron chi connectivity index (χ0n) is 80.1. The SMILES string of the molecule is CCc1cc(Br)ccc1C(=O)O.CCc1cc(Br)ccc1C(=O)OC(C)(C)C.CCc1cc(N2C(=O)[C@@H]3C[C@H]2C[C@H]3OCc2c(-c3c(Cl)cccc3Cl)noc2C2CC2)ccc1C(=O)O.CCc1cc(N2C(=O)[C@@H]3C[C@H]2C[C@H]3OCc2c(-c3c(Cl)cccc3Cl)noc2C2CC2)ccc1C(=O)OC(C)(C)C.O=C(O)c1ccc(Br)cc1F.O=C1N[C@@H]2C[C@@H](OCc3c(-c4c(Cl)cccc4Cl)noc3C3CC3)[C@H]1C2. The lowest BCUT2D eigenvalue weighted by atomic mass is 10.0. The molecule has 6 bridgehead atoms. The summed E-state index contributed by atoms with van der Waals surface area (Å²) in [5, 5.41) is 45.6. The van der Waals surface area contributed by atoms with Crippen molar-refractivity contribution in [1.82, 2.24) is 20.8 Å². The molecule has 20 rings (SSSR count). The third-order valence-corrected chi connectivity index (χ3v) is 29.8. The van der Waals surface area contributed by atoms with Gasteiger partial charge in [-0.1, -0.05) is 179 Å². The second-order valence-electron chi connectivity index (χ2n) is 38.7. The van der Waals surface area contributed by atoms with E-state index >= 15 is 0 Å². The number of ether oxygens (including phenoxy) is 5. The van der Waals surface area contributed by atoms with Gasteiger partial charge in [0.05, 0.1) is 114 Å². The van der Waals surface area contributed by atoms with Crippen molar-refractivity contribution in [2.75, 3.05) is 9.80 Å². The van der Waals surface area contributed by atoms with Crippen LogP contribution in [0.4, 0.5) is 15.8 Å². The van der Waals surface area contributed by atoms with Gasteiger partial charge >= 0.3 is 29.8 Å². The van der Waals surface area contributed by atoms with Crippen LogP contribution in [0.3, 0.4) is 0 Å². The lowest BCUT2D eigenvalue weighted by Gasteiger charge is -2.32. The fourth-order valence-corrected chi connectivity index (χ4v) is 22.0. The third kappa shape index (κ3) is 25.2. The minimum atomic E-state index is -1.25. The van der Waals surface area contributed by atoms with Gasteiger partial charge < -0.3 is 67.7 Å². The number of nitrogens with one attached hydrogen (secondary N) is 1. The van der Waals surface area contributed by atoms with Gasteiger partial charge in [-0.25, -0.2) is 28.4 Å². The monoisotopic (exact) mass is 2260 g/mol. The van der Waals surface area contributed by atoms with Gasteiger partial charge in [-0.2, -0.15) is 0 Å². The number of carbonyl (C=O) groups excluding carboxylic acids is 5. The number of carbonyl (C=O) groups is 8. The first kappa shape index (κ1) is 107. The number of halogens is 10. The highest BCUT2D eigenvalue weighted by Crippen LogP contribution is 2.53. The van der Waals surface area contributed by atoms with Gasteiger partial charge in [-0.05, 0) is 294 Å². The Morgan fingerprint density at radius 3 is 1.03 bits per heavy atom. The first-order valence-corrected chi connectivity index (χ1v) is 52.3. The van der Waals surface area contributed by atoms with E-state index < -0.39 is 34.9 Å². The molecule has 0 unspecified atom stereocenters. The average molecular weight is 2270 g/mol. The van der Waals surface area contributed by atoms with Crippen LogP contribution in [-0.2, 0) is 83.6 Å². The molecule has 4 N–H and O–H groups in total. The number of anilines is 2. The van der Waals surface area contributed by atoms with Crippen molar-refractivity contribution in [3.05, 3.63) is 279 Å². The number of esters is 2. The Labute approximate surface area is 882 Å². The van der Waals surface area contributed by atoms with Gasteiger partial charge in [0.15, 0.2) is 0 Å². The van der Waals surface area contributed by atoms with E-state index in [1.807, 2.05) is 115 Å². The molecule has 11 aromatic rings. The third-order valence-electron chi connectivity index (χ3n) is 26.5. The number of benzene rings is 8. The first-order chi connectivity index (χ1) is 68.1. The number of fused-ring (bicyclic) bond motifs is 6.